The number of nitrogens with zero attached hydrogens (tertiary/aromatic N) is 3. The molecule has 3 heterocycles. The molecule has 0 spiro atoms. The third kappa shape index (κ3) is 3.23. The van der Waals surface area contributed by atoms with Crippen LogP contribution < -0.4 is 9.47 Å². The highest BCUT2D eigenvalue weighted by Crippen LogP contribution is 2.24. The highest BCUT2D eigenvalue weighted by molar-refractivity contribution is 5.77. The summed E-state index contributed by atoms with van der Waals surface area (Å²) >= 11 is 0. The van der Waals surface area contributed by atoms with Crippen molar-refractivity contribution in [3.8, 4) is 23.0 Å². The van der Waals surface area contributed by atoms with Crippen molar-refractivity contribution >= 4 is 11.0 Å². The van der Waals surface area contributed by atoms with Gasteiger partial charge in [-0.3, -0.25) is 10.1 Å². The minimum absolute atomic E-state index is 0.735. The standard InChI is InChI=1S/C19H19N5O2/c1-25-14-7-12(8-15(10-14)26-2)3-4-13-9-17(24-23-13)19-21-16-5-6-20-11-18(16)22-19/h5-11H,3-4H2,1-2H3,(H,21,22)(H,23,24). The van der Waals surface area contributed by atoms with Gasteiger partial charge in [-0.05, 0) is 42.7 Å². The molecule has 0 amide bonds. The number of benzene rings is 1. The van der Waals surface area contributed by atoms with Crippen LogP contribution in [0.3, 0.4) is 0 Å². The van der Waals surface area contributed by atoms with Crippen molar-refractivity contribution < 1.29 is 9.47 Å². The molecule has 7 heteroatoms. The first-order valence-electron chi connectivity index (χ1n) is 8.31. The van der Waals surface area contributed by atoms with E-state index >= 15 is 0 Å². The first-order valence-corrected chi connectivity index (χ1v) is 8.31. The third-order valence-electron chi connectivity index (χ3n) is 4.25. The first kappa shape index (κ1) is 16.1. The van der Waals surface area contributed by atoms with Crippen LogP contribution in [0.1, 0.15) is 11.3 Å². The number of hydrogen-bond donors (Lipinski definition) is 2. The molecular weight excluding hydrogens is 330 g/mol. The first-order chi connectivity index (χ1) is 12.7. The minimum atomic E-state index is 0.735. The molecule has 0 unspecified atom stereocenters. The van der Waals surface area contributed by atoms with Crippen LogP contribution in [0.5, 0.6) is 11.5 Å². The van der Waals surface area contributed by atoms with Gasteiger partial charge in [0.2, 0.25) is 0 Å². The van der Waals surface area contributed by atoms with Gasteiger partial charge in [-0.1, -0.05) is 0 Å². The number of methoxy groups -OCH3 is 2. The van der Waals surface area contributed by atoms with Crippen molar-refractivity contribution in [3.63, 3.8) is 0 Å². The largest absolute Gasteiger partial charge is 0.497 e. The van der Waals surface area contributed by atoms with Gasteiger partial charge in [-0.2, -0.15) is 5.10 Å². The second-order valence-corrected chi connectivity index (χ2v) is 5.98. The third-order valence-corrected chi connectivity index (χ3v) is 4.25. The molecule has 0 saturated heterocycles. The Morgan fingerprint density at radius 1 is 1.00 bits per heavy atom. The fourth-order valence-electron chi connectivity index (χ4n) is 2.88. The summed E-state index contributed by atoms with van der Waals surface area (Å²) in [6, 6.07) is 9.80. The predicted molar refractivity (Wildman–Crippen MR) is 98.4 cm³/mol. The molecule has 7 nitrogen and oxygen atoms in total. The van der Waals surface area contributed by atoms with Crippen molar-refractivity contribution in [1.82, 2.24) is 25.1 Å². The Balaban J connectivity index is 1.50. The number of imidazole rings is 1. The molecule has 0 aliphatic carbocycles. The number of aromatic amines is 2. The Hall–Kier alpha value is -3.35. The van der Waals surface area contributed by atoms with Gasteiger partial charge in [-0.25, -0.2) is 4.98 Å². The monoisotopic (exact) mass is 349 g/mol. The Morgan fingerprint density at radius 2 is 1.81 bits per heavy atom. The Labute approximate surface area is 150 Å². The zero-order valence-corrected chi connectivity index (χ0v) is 14.6. The molecule has 132 valence electrons. The number of fused-ring (bicyclic) bond motifs is 1. The Bertz CT molecular complexity index is 982. The summed E-state index contributed by atoms with van der Waals surface area (Å²) < 4.78 is 10.6. The van der Waals surface area contributed by atoms with E-state index < -0.39 is 0 Å². The molecule has 4 aromatic rings. The molecule has 0 aliphatic heterocycles. The topological polar surface area (TPSA) is 88.7 Å². The van der Waals surface area contributed by atoms with E-state index in [9.17, 15) is 0 Å². The van der Waals surface area contributed by atoms with Gasteiger partial charge in [0.25, 0.3) is 0 Å². The quantitative estimate of drug-likeness (QED) is 0.558. The highest BCUT2D eigenvalue weighted by Gasteiger charge is 2.10. The zero-order chi connectivity index (χ0) is 17.9. The van der Waals surface area contributed by atoms with Crippen LogP contribution in [0.4, 0.5) is 0 Å². The SMILES string of the molecule is COc1cc(CCc2cc(-c3nc4ccncc4[nH]3)n[nH]2)cc(OC)c1. The molecular formula is C19H19N5O2. The lowest BCUT2D eigenvalue weighted by Crippen LogP contribution is -1.95. The van der Waals surface area contributed by atoms with Crippen molar-refractivity contribution in [3.05, 3.63) is 54.0 Å². The molecule has 0 radical (unpaired) electrons. The van der Waals surface area contributed by atoms with Gasteiger partial charge in [0.05, 0.1) is 31.4 Å². The summed E-state index contributed by atoms with van der Waals surface area (Å²) in [5.74, 6) is 2.32. The normalized spacial score (nSPS) is 11.0. The van der Waals surface area contributed by atoms with E-state index in [0.717, 1.165) is 58.1 Å². The number of rotatable bonds is 6. The molecule has 2 N–H and O–H groups in total. The van der Waals surface area contributed by atoms with E-state index in [2.05, 4.69) is 25.1 Å². The van der Waals surface area contributed by atoms with E-state index in [1.807, 2.05) is 30.3 Å². The molecule has 0 atom stereocenters. The molecule has 0 saturated carbocycles. The lowest BCUT2D eigenvalue weighted by molar-refractivity contribution is 0.393. The summed E-state index contributed by atoms with van der Waals surface area (Å²) in [7, 11) is 3.31. The van der Waals surface area contributed by atoms with E-state index in [1.165, 1.54) is 0 Å². The van der Waals surface area contributed by atoms with Gasteiger partial charge in [0.15, 0.2) is 5.82 Å². The maximum Gasteiger partial charge on any atom is 0.159 e. The molecule has 0 fully saturated rings. The number of nitrogens with one attached hydrogen (secondary N) is 2. The van der Waals surface area contributed by atoms with E-state index in [4.69, 9.17) is 9.47 Å². The summed E-state index contributed by atoms with van der Waals surface area (Å²) in [5.41, 5.74) is 4.76. The maximum atomic E-state index is 5.32. The molecule has 4 rings (SSSR count). The van der Waals surface area contributed by atoms with Crippen LogP contribution in [0, 0.1) is 0 Å². The summed E-state index contributed by atoms with van der Waals surface area (Å²) in [6.07, 6.45) is 5.16. The number of aryl methyl sites for hydroxylation is 2. The van der Waals surface area contributed by atoms with Crippen molar-refractivity contribution in [2.75, 3.05) is 14.2 Å². The van der Waals surface area contributed by atoms with Crippen molar-refractivity contribution in [2.45, 2.75) is 12.8 Å². The second-order valence-electron chi connectivity index (χ2n) is 5.98. The lowest BCUT2D eigenvalue weighted by atomic mass is 10.1. The second kappa shape index (κ2) is 6.87. The molecule has 0 aliphatic rings. The van der Waals surface area contributed by atoms with Crippen LogP contribution in [0.2, 0.25) is 0 Å². The zero-order valence-electron chi connectivity index (χ0n) is 14.6. The maximum absolute atomic E-state index is 5.32. The van der Waals surface area contributed by atoms with Crippen molar-refractivity contribution in [2.24, 2.45) is 0 Å². The Morgan fingerprint density at radius 3 is 2.54 bits per heavy atom. The predicted octanol–water partition coefficient (Wildman–Crippen LogP) is 3.15. The van der Waals surface area contributed by atoms with Gasteiger partial charge in [0, 0.05) is 18.0 Å². The van der Waals surface area contributed by atoms with Crippen LogP contribution in [0.15, 0.2) is 42.7 Å². The number of ether oxygens (including phenoxy) is 2. The van der Waals surface area contributed by atoms with Crippen LogP contribution in [-0.4, -0.2) is 39.4 Å². The molecule has 3 aromatic heterocycles. The van der Waals surface area contributed by atoms with Gasteiger partial charge in [0.1, 0.15) is 17.2 Å². The van der Waals surface area contributed by atoms with Gasteiger partial charge >= 0.3 is 0 Å². The summed E-state index contributed by atoms with van der Waals surface area (Å²) in [5, 5.41) is 7.46. The summed E-state index contributed by atoms with van der Waals surface area (Å²) in [6.45, 7) is 0. The van der Waals surface area contributed by atoms with Crippen molar-refractivity contribution in [1.29, 1.82) is 0 Å². The van der Waals surface area contributed by atoms with Crippen LogP contribution >= 0.6 is 0 Å². The van der Waals surface area contributed by atoms with Gasteiger partial charge < -0.3 is 14.5 Å². The number of pyridine rings is 1. The van der Waals surface area contributed by atoms with Crippen LogP contribution in [-0.2, 0) is 12.8 Å². The smallest absolute Gasteiger partial charge is 0.159 e. The highest BCUT2D eigenvalue weighted by atomic mass is 16.5. The molecule has 1 aromatic carbocycles. The van der Waals surface area contributed by atoms with E-state index in [-0.39, 0.29) is 0 Å². The number of hydrogen-bond acceptors (Lipinski definition) is 5. The molecule has 26 heavy (non-hydrogen) atoms. The fraction of sp³-hybridized carbons (Fsp3) is 0.211. The number of aromatic nitrogens is 5. The summed E-state index contributed by atoms with van der Waals surface area (Å²) in [4.78, 5) is 11.9. The Kier molecular flexibility index (Phi) is 4.27. The van der Waals surface area contributed by atoms with Crippen LogP contribution in [0.25, 0.3) is 22.6 Å². The van der Waals surface area contributed by atoms with E-state index in [1.54, 1.807) is 26.6 Å². The minimum Gasteiger partial charge on any atom is -0.497 e. The molecule has 0 bridgehead atoms. The number of H-pyrrole nitrogens is 2. The fourth-order valence-corrected chi connectivity index (χ4v) is 2.88. The van der Waals surface area contributed by atoms with E-state index in [0.29, 0.717) is 0 Å². The lowest BCUT2D eigenvalue weighted by Gasteiger charge is -2.07. The average Bonchev–Trinajstić information content (AvgIpc) is 3.32. The average molecular weight is 349 g/mol. The van der Waals surface area contributed by atoms with Gasteiger partial charge in [-0.15, -0.1) is 0 Å².